The Morgan fingerprint density at radius 1 is 1.26 bits per heavy atom. The SMILES string of the molecule is Cn1c(=O)c2nc(OCCCN)nnc2n(C2CCCC2)c1=O. The Balaban J connectivity index is 2.12. The van der Waals surface area contributed by atoms with Gasteiger partial charge in [-0.15, -0.1) is 5.10 Å². The first kappa shape index (κ1) is 15.6. The Kier molecular flexibility index (Phi) is 4.37. The Morgan fingerprint density at radius 3 is 2.70 bits per heavy atom. The van der Waals surface area contributed by atoms with Crippen molar-refractivity contribution in [2.75, 3.05) is 13.2 Å². The van der Waals surface area contributed by atoms with Gasteiger partial charge >= 0.3 is 11.7 Å². The van der Waals surface area contributed by atoms with Crippen molar-refractivity contribution in [3.63, 3.8) is 0 Å². The number of nitrogens with two attached hydrogens (primary N) is 1. The molecule has 0 aromatic carbocycles. The summed E-state index contributed by atoms with van der Waals surface area (Å²) in [6.45, 7) is 0.844. The van der Waals surface area contributed by atoms with Crippen LogP contribution in [0.25, 0.3) is 11.2 Å². The van der Waals surface area contributed by atoms with Crippen molar-refractivity contribution in [2.24, 2.45) is 12.8 Å². The van der Waals surface area contributed by atoms with Crippen molar-refractivity contribution in [3.05, 3.63) is 20.8 Å². The second kappa shape index (κ2) is 6.45. The summed E-state index contributed by atoms with van der Waals surface area (Å²) in [5.41, 5.74) is 4.89. The fraction of sp³-hybridized carbons (Fsp3) is 0.643. The molecular formula is C14H20N6O3. The van der Waals surface area contributed by atoms with Crippen LogP contribution in [0.1, 0.15) is 38.1 Å². The molecule has 124 valence electrons. The van der Waals surface area contributed by atoms with E-state index in [-0.39, 0.29) is 28.9 Å². The molecule has 0 bridgehead atoms. The third-order valence-corrected chi connectivity index (χ3v) is 4.15. The summed E-state index contributed by atoms with van der Waals surface area (Å²) in [6.07, 6.45) is 4.55. The van der Waals surface area contributed by atoms with Crippen molar-refractivity contribution < 1.29 is 4.74 Å². The molecule has 2 heterocycles. The third-order valence-electron chi connectivity index (χ3n) is 4.15. The lowest BCUT2D eigenvalue weighted by atomic mass is 10.2. The van der Waals surface area contributed by atoms with Crippen LogP contribution in [0, 0.1) is 0 Å². The molecule has 2 N–H and O–H groups in total. The van der Waals surface area contributed by atoms with E-state index < -0.39 is 5.56 Å². The van der Waals surface area contributed by atoms with Crippen LogP contribution in [0.2, 0.25) is 0 Å². The first-order chi connectivity index (χ1) is 11.1. The molecule has 1 fully saturated rings. The second-order valence-corrected chi connectivity index (χ2v) is 5.71. The van der Waals surface area contributed by atoms with E-state index in [0.29, 0.717) is 19.6 Å². The number of nitrogens with zero attached hydrogens (tertiary/aromatic N) is 5. The van der Waals surface area contributed by atoms with Crippen molar-refractivity contribution >= 4 is 11.2 Å². The third kappa shape index (κ3) is 2.83. The molecule has 0 atom stereocenters. The lowest BCUT2D eigenvalue weighted by molar-refractivity contribution is 0.286. The standard InChI is InChI=1S/C14H20N6O3/c1-19-12(21)10-11(17-18-13(16-10)23-8-4-7-15)20(14(19)22)9-5-2-3-6-9/h9H,2-8,15H2,1H3. The quantitative estimate of drug-likeness (QED) is 0.753. The van der Waals surface area contributed by atoms with Crippen LogP contribution in [0.5, 0.6) is 6.01 Å². The van der Waals surface area contributed by atoms with Gasteiger partial charge in [0.1, 0.15) is 0 Å². The summed E-state index contributed by atoms with van der Waals surface area (Å²) >= 11 is 0. The molecule has 9 heteroatoms. The van der Waals surface area contributed by atoms with Gasteiger partial charge in [0.15, 0.2) is 11.2 Å². The van der Waals surface area contributed by atoms with E-state index in [0.717, 1.165) is 30.3 Å². The van der Waals surface area contributed by atoms with Crippen LogP contribution in [-0.4, -0.2) is 37.5 Å². The fourth-order valence-electron chi connectivity index (χ4n) is 2.91. The molecule has 0 aliphatic heterocycles. The Morgan fingerprint density at radius 2 is 2.00 bits per heavy atom. The van der Waals surface area contributed by atoms with Gasteiger partial charge in [0.2, 0.25) is 0 Å². The van der Waals surface area contributed by atoms with Gasteiger partial charge in [0, 0.05) is 13.1 Å². The van der Waals surface area contributed by atoms with Gasteiger partial charge in [-0.1, -0.05) is 17.9 Å². The molecule has 3 rings (SSSR count). The summed E-state index contributed by atoms with van der Waals surface area (Å²) in [6, 6.07) is 0.0663. The van der Waals surface area contributed by atoms with Crippen LogP contribution in [0.3, 0.4) is 0 Å². The number of fused-ring (bicyclic) bond motifs is 1. The molecular weight excluding hydrogens is 300 g/mol. The maximum Gasteiger partial charge on any atom is 0.336 e. The highest BCUT2D eigenvalue weighted by molar-refractivity contribution is 5.68. The number of hydrogen-bond donors (Lipinski definition) is 1. The normalized spacial score (nSPS) is 15.4. The highest BCUT2D eigenvalue weighted by atomic mass is 16.5. The summed E-state index contributed by atoms with van der Waals surface area (Å²) in [7, 11) is 1.45. The lowest BCUT2D eigenvalue weighted by Gasteiger charge is -2.16. The smallest absolute Gasteiger partial charge is 0.336 e. The van der Waals surface area contributed by atoms with Crippen molar-refractivity contribution in [3.8, 4) is 6.01 Å². The van der Waals surface area contributed by atoms with Crippen LogP contribution >= 0.6 is 0 Å². The van der Waals surface area contributed by atoms with Gasteiger partial charge in [0.05, 0.1) is 6.61 Å². The van der Waals surface area contributed by atoms with E-state index in [1.807, 2.05) is 0 Å². The zero-order valence-corrected chi connectivity index (χ0v) is 13.1. The minimum Gasteiger partial charge on any atom is -0.462 e. The van der Waals surface area contributed by atoms with Gasteiger partial charge in [0.25, 0.3) is 5.56 Å². The first-order valence-electron chi connectivity index (χ1n) is 7.82. The van der Waals surface area contributed by atoms with Crippen molar-refractivity contribution in [1.82, 2.24) is 24.3 Å². The highest BCUT2D eigenvalue weighted by Crippen LogP contribution is 2.29. The van der Waals surface area contributed by atoms with E-state index >= 15 is 0 Å². The summed E-state index contributed by atoms with van der Waals surface area (Å²) < 4.78 is 7.96. The predicted octanol–water partition coefficient (Wildman–Crippen LogP) is -0.272. The Hall–Kier alpha value is -2.29. The number of hydrogen-bond acceptors (Lipinski definition) is 7. The molecule has 0 saturated heterocycles. The van der Waals surface area contributed by atoms with Crippen LogP contribution in [0.15, 0.2) is 9.59 Å². The van der Waals surface area contributed by atoms with Gasteiger partial charge in [-0.05, 0) is 25.8 Å². The van der Waals surface area contributed by atoms with E-state index in [9.17, 15) is 9.59 Å². The van der Waals surface area contributed by atoms with Crippen LogP contribution in [0.4, 0.5) is 0 Å². The van der Waals surface area contributed by atoms with E-state index in [1.165, 1.54) is 7.05 Å². The number of ether oxygens (including phenoxy) is 1. The molecule has 9 nitrogen and oxygen atoms in total. The molecule has 0 unspecified atom stereocenters. The topological polar surface area (TPSA) is 118 Å². The number of aromatic nitrogens is 5. The lowest BCUT2D eigenvalue weighted by Crippen LogP contribution is -2.40. The van der Waals surface area contributed by atoms with Crippen molar-refractivity contribution in [1.29, 1.82) is 0 Å². The molecule has 0 spiro atoms. The molecule has 0 radical (unpaired) electrons. The predicted molar refractivity (Wildman–Crippen MR) is 83.5 cm³/mol. The second-order valence-electron chi connectivity index (χ2n) is 5.71. The largest absolute Gasteiger partial charge is 0.462 e. The maximum absolute atomic E-state index is 12.5. The summed E-state index contributed by atoms with van der Waals surface area (Å²) in [4.78, 5) is 29.0. The minimum absolute atomic E-state index is 0.0275. The van der Waals surface area contributed by atoms with Crippen LogP contribution in [-0.2, 0) is 7.05 Å². The maximum atomic E-state index is 12.5. The highest BCUT2D eigenvalue weighted by Gasteiger charge is 2.24. The van der Waals surface area contributed by atoms with Gasteiger partial charge < -0.3 is 10.5 Å². The monoisotopic (exact) mass is 320 g/mol. The zero-order chi connectivity index (χ0) is 16.4. The van der Waals surface area contributed by atoms with E-state index in [2.05, 4.69) is 15.2 Å². The molecule has 2 aromatic heterocycles. The van der Waals surface area contributed by atoms with Gasteiger partial charge in [-0.3, -0.25) is 13.9 Å². The molecule has 23 heavy (non-hydrogen) atoms. The average Bonchev–Trinajstić information content (AvgIpc) is 3.08. The molecule has 1 aliphatic carbocycles. The van der Waals surface area contributed by atoms with Gasteiger partial charge in [-0.25, -0.2) is 4.79 Å². The summed E-state index contributed by atoms with van der Waals surface area (Å²) in [5, 5.41) is 7.94. The van der Waals surface area contributed by atoms with Gasteiger partial charge in [-0.2, -0.15) is 4.98 Å². The van der Waals surface area contributed by atoms with E-state index in [4.69, 9.17) is 10.5 Å². The molecule has 1 saturated carbocycles. The van der Waals surface area contributed by atoms with Crippen molar-refractivity contribution in [2.45, 2.75) is 38.1 Å². The van der Waals surface area contributed by atoms with Crippen LogP contribution < -0.4 is 21.7 Å². The Labute approximate surface area is 132 Å². The zero-order valence-electron chi connectivity index (χ0n) is 13.1. The average molecular weight is 320 g/mol. The fourth-order valence-corrected chi connectivity index (χ4v) is 2.91. The summed E-state index contributed by atoms with van der Waals surface area (Å²) in [5.74, 6) is 0. The van der Waals surface area contributed by atoms with E-state index in [1.54, 1.807) is 4.57 Å². The molecule has 0 amide bonds. The molecule has 1 aliphatic rings. The number of rotatable bonds is 5. The Bertz CT molecular complexity index is 822. The molecule has 2 aromatic rings. The minimum atomic E-state index is -0.488. The first-order valence-corrected chi connectivity index (χ1v) is 7.82.